The van der Waals surface area contributed by atoms with Crippen molar-refractivity contribution in [2.75, 3.05) is 6.61 Å². The second kappa shape index (κ2) is 6.62. The van der Waals surface area contributed by atoms with Crippen LogP contribution in [0.25, 0.3) is 22.2 Å². The highest BCUT2D eigenvalue weighted by Crippen LogP contribution is 2.33. The molecule has 0 saturated heterocycles. The van der Waals surface area contributed by atoms with Gasteiger partial charge >= 0.3 is 5.97 Å². The molecule has 3 aromatic rings. The third-order valence-corrected chi connectivity index (χ3v) is 4.30. The molecule has 118 valence electrons. The Kier molecular flexibility index (Phi) is 4.56. The predicted molar refractivity (Wildman–Crippen MR) is 99.0 cm³/mol. The van der Waals surface area contributed by atoms with Crippen LogP contribution in [0.15, 0.2) is 42.5 Å². The molecule has 2 N–H and O–H groups in total. The molecular formula is C18H16INO3. The maximum Gasteiger partial charge on any atom is 0.307 e. The summed E-state index contributed by atoms with van der Waals surface area (Å²) in [5.41, 5.74) is 3.52. The van der Waals surface area contributed by atoms with Gasteiger partial charge in [-0.1, -0.05) is 12.1 Å². The van der Waals surface area contributed by atoms with E-state index < -0.39 is 5.97 Å². The molecule has 0 aliphatic heterocycles. The van der Waals surface area contributed by atoms with Gasteiger partial charge in [0.2, 0.25) is 0 Å². The Morgan fingerprint density at radius 1 is 1.26 bits per heavy atom. The van der Waals surface area contributed by atoms with Crippen molar-refractivity contribution in [3.05, 3.63) is 51.6 Å². The number of H-pyrrole nitrogens is 1. The first-order valence-electron chi connectivity index (χ1n) is 7.33. The molecule has 0 aliphatic rings. The number of hydrogen-bond donors (Lipinski definition) is 2. The number of aromatic nitrogens is 1. The average Bonchev–Trinajstić information content (AvgIpc) is 2.85. The molecule has 0 radical (unpaired) electrons. The molecule has 0 spiro atoms. The van der Waals surface area contributed by atoms with Crippen molar-refractivity contribution in [3.8, 4) is 17.0 Å². The largest absolute Gasteiger partial charge is 0.494 e. The maximum absolute atomic E-state index is 11.3. The lowest BCUT2D eigenvalue weighted by Gasteiger charge is -2.07. The van der Waals surface area contributed by atoms with Crippen molar-refractivity contribution in [2.45, 2.75) is 13.3 Å². The van der Waals surface area contributed by atoms with Gasteiger partial charge in [-0.05, 0) is 65.4 Å². The summed E-state index contributed by atoms with van der Waals surface area (Å²) in [6.45, 7) is 2.53. The molecule has 0 aliphatic carbocycles. The summed E-state index contributed by atoms with van der Waals surface area (Å²) < 4.78 is 6.63. The van der Waals surface area contributed by atoms with Crippen LogP contribution in [0.2, 0.25) is 0 Å². The number of carbonyl (C=O) groups is 1. The molecule has 23 heavy (non-hydrogen) atoms. The van der Waals surface area contributed by atoms with Crippen molar-refractivity contribution >= 4 is 39.5 Å². The maximum atomic E-state index is 11.3. The Morgan fingerprint density at radius 3 is 2.83 bits per heavy atom. The van der Waals surface area contributed by atoms with E-state index in [0.29, 0.717) is 6.61 Å². The van der Waals surface area contributed by atoms with Gasteiger partial charge in [-0.3, -0.25) is 4.79 Å². The Labute approximate surface area is 147 Å². The van der Waals surface area contributed by atoms with E-state index in [2.05, 4.69) is 27.6 Å². The molecule has 5 heteroatoms. The van der Waals surface area contributed by atoms with Gasteiger partial charge in [0.15, 0.2) is 0 Å². The molecule has 1 aromatic heterocycles. The average molecular weight is 421 g/mol. The molecule has 0 saturated carbocycles. The van der Waals surface area contributed by atoms with E-state index in [0.717, 1.165) is 37.0 Å². The number of hydrogen-bond acceptors (Lipinski definition) is 2. The second-order valence-corrected chi connectivity index (χ2v) is 6.45. The van der Waals surface area contributed by atoms with Crippen LogP contribution >= 0.6 is 22.6 Å². The lowest BCUT2D eigenvalue weighted by atomic mass is 10.0. The van der Waals surface area contributed by atoms with Crippen LogP contribution in [-0.2, 0) is 11.2 Å². The first kappa shape index (κ1) is 15.9. The fourth-order valence-corrected chi connectivity index (χ4v) is 3.20. The lowest BCUT2D eigenvalue weighted by Crippen LogP contribution is -2.01. The Hall–Kier alpha value is -2.02. The number of fused-ring (bicyclic) bond motifs is 1. The quantitative estimate of drug-likeness (QED) is 0.598. The van der Waals surface area contributed by atoms with Crippen molar-refractivity contribution in [1.82, 2.24) is 4.98 Å². The fourth-order valence-electron chi connectivity index (χ4n) is 2.71. The van der Waals surface area contributed by atoms with Gasteiger partial charge in [-0.15, -0.1) is 0 Å². The van der Waals surface area contributed by atoms with Gasteiger partial charge in [0, 0.05) is 20.0 Å². The van der Waals surface area contributed by atoms with Crippen molar-refractivity contribution < 1.29 is 14.6 Å². The molecule has 0 fully saturated rings. The number of carboxylic acids is 1. The van der Waals surface area contributed by atoms with E-state index in [4.69, 9.17) is 4.74 Å². The monoisotopic (exact) mass is 421 g/mol. The number of halogens is 1. The topological polar surface area (TPSA) is 62.3 Å². The van der Waals surface area contributed by atoms with Crippen molar-refractivity contribution in [3.63, 3.8) is 0 Å². The summed E-state index contributed by atoms with van der Waals surface area (Å²) in [4.78, 5) is 14.7. The number of carboxylic acid groups (broad SMARTS) is 1. The molecule has 2 aromatic carbocycles. The van der Waals surface area contributed by atoms with E-state index in [1.54, 1.807) is 0 Å². The standard InChI is InChI=1S/C18H16INO3/c1-2-23-13-5-3-4-11(8-13)18-15(10-17(21)22)14-9-12(19)6-7-16(14)20-18/h3-9,20H,2,10H2,1H3,(H,21,22). The summed E-state index contributed by atoms with van der Waals surface area (Å²) in [5.74, 6) is -0.0634. The summed E-state index contributed by atoms with van der Waals surface area (Å²) in [6, 6.07) is 13.7. The molecule has 4 nitrogen and oxygen atoms in total. The minimum absolute atomic E-state index is 0.0196. The van der Waals surface area contributed by atoms with Crippen LogP contribution in [-0.4, -0.2) is 22.7 Å². The van der Waals surface area contributed by atoms with Crippen LogP contribution in [0.5, 0.6) is 5.75 Å². The van der Waals surface area contributed by atoms with Gasteiger partial charge in [0.05, 0.1) is 18.7 Å². The number of aliphatic carboxylic acids is 1. The number of rotatable bonds is 5. The normalized spacial score (nSPS) is 10.9. The Morgan fingerprint density at radius 2 is 2.09 bits per heavy atom. The van der Waals surface area contributed by atoms with Gasteiger partial charge < -0.3 is 14.8 Å². The minimum Gasteiger partial charge on any atom is -0.494 e. The highest BCUT2D eigenvalue weighted by molar-refractivity contribution is 14.1. The highest BCUT2D eigenvalue weighted by atomic mass is 127. The zero-order chi connectivity index (χ0) is 16.4. The van der Waals surface area contributed by atoms with Crippen LogP contribution in [0, 0.1) is 3.57 Å². The summed E-state index contributed by atoms with van der Waals surface area (Å²) in [5, 5.41) is 10.2. The summed E-state index contributed by atoms with van der Waals surface area (Å²) >= 11 is 2.24. The number of nitrogens with one attached hydrogen (secondary N) is 1. The van der Waals surface area contributed by atoms with Crippen LogP contribution in [0.1, 0.15) is 12.5 Å². The minimum atomic E-state index is -0.841. The molecular weight excluding hydrogens is 405 g/mol. The van der Waals surface area contributed by atoms with E-state index in [1.165, 1.54) is 0 Å². The van der Waals surface area contributed by atoms with Crippen LogP contribution < -0.4 is 4.74 Å². The number of aromatic amines is 1. The van der Waals surface area contributed by atoms with Crippen molar-refractivity contribution in [1.29, 1.82) is 0 Å². The number of ether oxygens (including phenoxy) is 1. The van der Waals surface area contributed by atoms with E-state index in [9.17, 15) is 9.90 Å². The smallest absolute Gasteiger partial charge is 0.307 e. The molecule has 1 heterocycles. The first-order valence-corrected chi connectivity index (χ1v) is 8.41. The van der Waals surface area contributed by atoms with Crippen LogP contribution in [0.3, 0.4) is 0 Å². The molecule has 0 amide bonds. The van der Waals surface area contributed by atoms with Gasteiger partial charge in [0.1, 0.15) is 5.75 Å². The Balaban J connectivity index is 2.19. The lowest BCUT2D eigenvalue weighted by molar-refractivity contribution is -0.136. The van der Waals surface area contributed by atoms with Crippen molar-refractivity contribution in [2.24, 2.45) is 0 Å². The predicted octanol–water partition coefficient (Wildman–Crippen LogP) is 4.47. The summed E-state index contributed by atoms with van der Waals surface area (Å²) in [6.07, 6.45) is -0.0196. The zero-order valence-corrected chi connectivity index (χ0v) is 14.8. The summed E-state index contributed by atoms with van der Waals surface area (Å²) in [7, 11) is 0. The third-order valence-electron chi connectivity index (χ3n) is 3.63. The third kappa shape index (κ3) is 3.34. The van der Waals surface area contributed by atoms with Crippen LogP contribution in [0.4, 0.5) is 0 Å². The second-order valence-electron chi connectivity index (χ2n) is 5.20. The van der Waals surface area contributed by atoms with E-state index >= 15 is 0 Å². The number of benzene rings is 2. The molecule has 0 unspecified atom stereocenters. The molecule has 3 rings (SSSR count). The van der Waals surface area contributed by atoms with Gasteiger partial charge in [-0.2, -0.15) is 0 Å². The van der Waals surface area contributed by atoms with E-state index in [1.807, 2.05) is 49.4 Å². The van der Waals surface area contributed by atoms with Gasteiger partial charge in [0.25, 0.3) is 0 Å². The zero-order valence-electron chi connectivity index (χ0n) is 12.6. The highest BCUT2D eigenvalue weighted by Gasteiger charge is 2.16. The Bertz CT molecular complexity index is 870. The molecule has 0 atom stereocenters. The fraction of sp³-hybridized carbons (Fsp3) is 0.167. The first-order chi connectivity index (χ1) is 11.1. The van der Waals surface area contributed by atoms with E-state index in [-0.39, 0.29) is 6.42 Å². The SMILES string of the molecule is CCOc1cccc(-c2[nH]c3ccc(I)cc3c2CC(=O)O)c1. The molecule has 0 bridgehead atoms. The van der Waals surface area contributed by atoms with Gasteiger partial charge in [-0.25, -0.2) is 0 Å².